The summed E-state index contributed by atoms with van der Waals surface area (Å²) in [5.41, 5.74) is 0.0564. The van der Waals surface area contributed by atoms with E-state index in [4.69, 9.17) is 27.9 Å². The first-order valence-corrected chi connectivity index (χ1v) is 7.59. The predicted octanol–water partition coefficient (Wildman–Crippen LogP) is 4.62. The minimum Gasteiger partial charge on any atom is -0.432 e. The van der Waals surface area contributed by atoms with Gasteiger partial charge in [0.2, 0.25) is 5.82 Å². The van der Waals surface area contributed by atoms with E-state index in [0.717, 1.165) is 6.33 Å². The van der Waals surface area contributed by atoms with Crippen molar-refractivity contribution in [2.75, 3.05) is 5.32 Å². The van der Waals surface area contributed by atoms with Crippen molar-refractivity contribution in [2.24, 2.45) is 0 Å². The molecule has 0 fully saturated rings. The molecule has 2 aromatic heterocycles. The highest BCUT2D eigenvalue weighted by Crippen LogP contribution is 2.36. The number of nitrogens with one attached hydrogen (secondary N) is 1. The largest absolute Gasteiger partial charge is 0.432 e. The molecular weight excluding hydrogens is 369 g/mol. The van der Waals surface area contributed by atoms with Gasteiger partial charge in [-0.2, -0.15) is 4.98 Å². The molecule has 3 rings (SSSR count). The molecule has 0 spiro atoms. The van der Waals surface area contributed by atoms with Crippen LogP contribution in [0.1, 0.15) is 0 Å². The molecule has 0 radical (unpaired) electrons. The molecule has 10 heteroatoms. The molecule has 0 aliphatic carbocycles. The van der Waals surface area contributed by atoms with Crippen LogP contribution in [0.4, 0.5) is 17.2 Å². The third kappa shape index (κ3) is 3.93. The van der Waals surface area contributed by atoms with E-state index in [1.165, 1.54) is 12.3 Å². The maximum Gasteiger partial charge on any atom is 0.373 e. The quantitative estimate of drug-likeness (QED) is 0.510. The fourth-order valence-corrected chi connectivity index (χ4v) is 2.22. The number of halogens is 2. The number of hydrogen-bond acceptors (Lipinski definition) is 7. The van der Waals surface area contributed by atoms with Crippen LogP contribution >= 0.6 is 23.2 Å². The molecule has 0 saturated carbocycles. The molecule has 2 heterocycles. The number of ether oxygens (including phenoxy) is 1. The zero-order valence-corrected chi connectivity index (χ0v) is 13.9. The smallest absolute Gasteiger partial charge is 0.373 e. The summed E-state index contributed by atoms with van der Waals surface area (Å²) in [7, 11) is 0. The van der Waals surface area contributed by atoms with E-state index in [1.807, 2.05) is 0 Å². The Morgan fingerprint density at radius 2 is 2.00 bits per heavy atom. The van der Waals surface area contributed by atoms with Crippen LogP contribution in [0.25, 0.3) is 0 Å². The number of hydrogen-bond donors (Lipinski definition) is 1. The number of anilines is 2. The fraction of sp³-hybridized carbons (Fsp3) is 0. The van der Waals surface area contributed by atoms with Crippen molar-refractivity contribution in [3.63, 3.8) is 0 Å². The average molecular weight is 378 g/mol. The van der Waals surface area contributed by atoms with Crippen LogP contribution in [0.15, 0.2) is 49.1 Å². The van der Waals surface area contributed by atoms with Crippen LogP contribution in [-0.2, 0) is 0 Å². The maximum atomic E-state index is 11.5. The van der Waals surface area contributed by atoms with E-state index >= 15 is 0 Å². The molecule has 0 aliphatic heterocycles. The van der Waals surface area contributed by atoms with E-state index in [0.29, 0.717) is 21.5 Å². The molecular formula is C15H9Cl2N5O3. The summed E-state index contributed by atoms with van der Waals surface area (Å²) in [6.07, 6.45) is 4.12. The van der Waals surface area contributed by atoms with Gasteiger partial charge in [0.1, 0.15) is 12.1 Å². The minimum absolute atomic E-state index is 0.0442. The Hall–Kier alpha value is -2.97. The lowest BCUT2D eigenvalue weighted by atomic mass is 10.3. The normalized spacial score (nSPS) is 10.3. The Morgan fingerprint density at radius 1 is 1.16 bits per heavy atom. The highest BCUT2D eigenvalue weighted by atomic mass is 35.5. The van der Waals surface area contributed by atoms with E-state index in [1.54, 1.807) is 30.5 Å². The summed E-state index contributed by atoms with van der Waals surface area (Å²) in [6.45, 7) is 0. The van der Waals surface area contributed by atoms with Crippen LogP contribution in [-0.4, -0.2) is 19.9 Å². The molecule has 8 nitrogen and oxygen atoms in total. The molecule has 1 aromatic carbocycles. The number of benzene rings is 1. The van der Waals surface area contributed by atoms with Gasteiger partial charge in [0, 0.05) is 11.9 Å². The lowest BCUT2D eigenvalue weighted by molar-refractivity contribution is -0.385. The molecule has 1 N–H and O–H groups in total. The minimum atomic E-state index is -0.633. The zero-order chi connectivity index (χ0) is 17.8. The van der Waals surface area contributed by atoms with E-state index < -0.39 is 10.6 Å². The van der Waals surface area contributed by atoms with Gasteiger partial charge in [-0.25, -0.2) is 4.98 Å². The van der Waals surface area contributed by atoms with Crippen LogP contribution < -0.4 is 10.1 Å². The predicted molar refractivity (Wildman–Crippen MR) is 92.7 cm³/mol. The molecule has 126 valence electrons. The molecule has 0 bridgehead atoms. The maximum absolute atomic E-state index is 11.5. The van der Waals surface area contributed by atoms with Crippen molar-refractivity contribution in [3.05, 3.63) is 69.2 Å². The van der Waals surface area contributed by atoms with Crippen molar-refractivity contribution in [2.45, 2.75) is 0 Å². The van der Waals surface area contributed by atoms with Crippen LogP contribution in [0.3, 0.4) is 0 Å². The Kier molecular flexibility index (Phi) is 4.92. The van der Waals surface area contributed by atoms with Gasteiger partial charge in [0.15, 0.2) is 0 Å². The molecule has 0 unspecified atom stereocenters. The molecule has 3 aromatic rings. The van der Waals surface area contributed by atoms with Gasteiger partial charge in [-0.05, 0) is 30.3 Å². The van der Waals surface area contributed by atoms with Crippen LogP contribution in [0.5, 0.6) is 11.6 Å². The summed E-state index contributed by atoms with van der Waals surface area (Å²) in [5.74, 6) is 0.0534. The van der Waals surface area contributed by atoms with Crippen molar-refractivity contribution in [3.8, 4) is 11.6 Å². The van der Waals surface area contributed by atoms with Crippen molar-refractivity contribution >= 4 is 40.4 Å². The highest BCUT2D eigenvalue weighted by Gasteiger charge is 2.25. The standard InChI is InChI=1S/C15H9Cl2N5O3/c16-11-4-3-9(6-12(11)17)21-14-13(22(23)24)15(20-8-19-14)25-10-2-1-5-18-7-10/h1-8H,(H,19,20,21). The van der Waals surface area contributed by atoms with Crippen molar-refractivity contribution in [1.82, 2.24) is 15.0 Å². The SMILES string of the molecule is O=[N+]([O-])c1c(Nc2ccc(Cl)c(Cl)c2)ncnc1Oc1cccnc1. The summed E-state index contributed by atoms with van der Waals surface area (Å²) in [6, 6.07) is 7.94. The third-order valence-corrected chi connectivity index (χ3v) is 3.74. The summed E-state index contributed by atoms with van der Waals surface area (Å²) in [4.78, 5) is 22.5. The summed E-state index contributed by atoms with van der Waals surface area (Å²) in [5, 5.41) is 15.0. The van der Waals surface area contributed by atoms with Gasteiger partial charge < -0.3 is 10.1 Å². The van der Waals surface area contributed by atoms with E-state index in [-0.39, 0.29) is 11.7 Å². The Balaban J connectivity index is 1.97. The van der Waals surface area contributed by atoms with Gasteiger partial charge in [0.05, 0.1) is 21.2 Å². The number of nitrogens with zero attached hydrogens (tertiary/aromatic N) is 4. The van der Waals surface area contributed by atoms with Crippen LogP contribution in [0, 0.1) is 10.1 Å². The first-order chi connectivity index (χ1) is 12.0. The Morgan fingerprint density at radius 3 is 2.68 bits per heavy atom. The van der Waals surface area contributed by atoms with E-state index in [9.17, 15) is 10.1 Å². The van der Waals surface area contributed by atoms with Gasteiger partial charge in [-0.3, -0.25) is 15.1 Å². The second kappa shape index (κ2) is 7.29. The van der Waals surface area contributed by atoms with Crippen molar-refractivity contribution in [1.29, 1.82) is 0 Å². The third-order valence-electron chi connectivity index (χ3n) is 3.00. The Labute approximate surface area is 151 Å². The first-order valence-electron chi connectivity index (χ1n) is 6.84. The molecule has 0 aliphatic rings. The number of pyridine rings is 1. The van der Waals surface area contributed by atoms with Gasteiger partial charge >= 0.3 is 11.6 Å². The van der Waals surface area contributed by atoms with E-state index in [2.05, 4.69) is 20.3 Å². The summed E-state index contributed by atoms with van der Waals surface area (Å²) < 4.78 is 5.45. The molecule has 0 amide bonds. The Bertz CT molecular complexity index is 924. The lowest BCUT2D eigenvalue weighted by Crippen LogP contribution is -2.03. The summed E-state index contributed by atoms with van der Waals surface area (Å²) >= 11 is 11.8. The highest BCUT2D eigenvalue weighted by molar-refractivity contribution is 6.42. The fourth-order valence-electron chi connectivity index (χ4n) is 1.92. The second-order valence-corrected chi connectivity index (χ2v) is 5.49. The second-order valence-electron chi connectivity index (χ2n) is 4.68. The average Bonchev–Trinajstić information content (AvgIpc) is 2.59. The number of rotatable bonds is 5. The van der Waals surface area contributed by atoms with Gasteiger partial charge in [0.25, 0.3) is 0 Å². The molecule has 0 atom stereocenters. The van der Waals surface area contributed by atoms with Crippen LogP contribution in [0.2, 0.25) is 10.0 Å². The van der Waals surface area contributed by atoms with Gasteiger partial charge in [-0.15, -0.1) is 0 Å². The molecule has 25 heavy (non-hydrogen) atoms. The number of nitro groups is 1. The van der Waals surface area contributed by atoms with Gasteiger partial charge in [-0.1, -0.05) is 23.2 Å². The monoisotopic (exact) mass is 377 g/mol. The first kappa shape index (κ1) is 16.9. The topological polar surface area (TPSA) is 103 Å². The molecule has 0 saturated heterocycles. The zero-order valence-electron chi connectivity index (χ0n) is 12.4. The number of aromatic nitrogens is 3. The lowest BCUT2D eigenvalue weighted by Gasteiger charge is -2.09. The van der Waals surface area contributed by atoms with Crippen molar-refractivity contribution < 1.29 is 9.66 Å².